The number of aromatic nitrogens is 6. The van der Waals surface area contributed by atoms with Gasteiger partial charge in [0.25, 0.3) is 0 Å². The molecule has 0 amide bonds. The fourth-order valence-electron chi connectivity index (χ4n) is 2.27. The molecule has 2 aromatic carbocycles. The van der Waals surface area contributed by atoms with Gasteiger partial charge in [0.2, 0.25) is 10.6 Å². The van der Waals surface area contributed by atoms with Crippen LogP contribution in [-0.4, -0.2) is 29.9 Å². The minimum atomic E-state index is 0.0924. The van der Waals surface area contributed by atoms with Gasteiger partial charge in [0.05, 0.1) is 0 Å². The molecule has 0 unspecified atom stereocenters. The normalized spacial score (nSPS) is 10.7. The van der Waals surface area contributed by atoms with E-state index >= 15 is 0 Å². The number of rotatable bonds is 4. The van der Waals surface area contributed by atoms with Gasteiger partial charge in [-0.05, 0) is 35.0 Å². The summed E-state index contributed by atoms with van der Waals surface area (Å²) in [4.78, 5) is 25.5. The Kier molecular flexibility index (Phi) is 5.24. The molecular formula is C18H10Cl2N6S. The van der Waals surface area contributed by atoms with Gasteiger partial charge in [-0.1, -0.05) is 60.7 Å². The lowest BCUT2D eigenvalue weighted by atomic mass is 10.2. The van der Waals surface area contributed by atoms with Gasteiger partial charge in [0, 0.05) is 11.1 Å². The summed E-state index contributed by atoms with van der Waals surface area (Å²) in [6.45, 7) is 0. The van der Waals surface area contributed by atoms with Gasteiger partial charge >= 0.3 is 0 Å². The van der Waals surface area contributed by atoms with E-state index in [0.29, 0.717) is 22.0 Å². The van der Waals surface area contributed by atoms with Gasteiger partial charge in [0.15, 0.2) is 22.0 Å². The van der Waals surface area contributed by atoms with Crippen molar-refractivity contribution < 1.29 is 0 Å². The summed E-state index contributed by atoms with van der Waals surface area (Å²) in [6, 6.07) is 19.0. The third kappa shape index (κ3) is 4.39. The zero-order valence-electron chi connectivity index (χ0n) is 13.6. The molecule has 4 rings (SSSR count). The molecule has 9 heteroatoms. The second-order valence-electron chi connectivity index (χ2n) is 5.26. The maximum absolute atomic E-state index is 6.07. The predicted octanol–water partition coefficient (Wildman–Crippen LogP) is 4.85. The van der Waals surface area contributed by atoms with E-state index < -0.39 is 0 Å². The van der Waals surface area contributed by atoms with Crippen molar-refractivity contribution in [2.24, 2.45) is 0 Å². The molecule has 0 spiro atoms. The maximum Gasteiger partial charge on any atom is 0.226 e. The third-order valence-corrected chi connectivity index (χ3v) is 4.49. The first-order valence-corrected chi connectivity index (χ1v) is 9.36. The summed E-state index contributed by atoms with van der Waals surface area (Å²) >= 11 is 13.3. The lowest BCUT2D eigenvalue weighted by Gasteiger charge is -2.05. The van der Waals surface area contributed by atoms with E-state index in [4.69, 9.17) is 23.2 Å². The Morgan fingerprint density at radius 3 is 1.33 bits per heavy atom. The molecule has 2 heterocycles. The minimum absolute atomic E-state index is 0.0924. The zero-order valence-corrected chi connectivity index (χ0v) is 15.9. The zero-order chi connectivity index (χ0) is 18.6. The number of halogens is 2. The van der Waals surface area contributed by atoms with Crippen LogP contribution in [0.1, 0.15) is 0 Å². The second kappa shape index (κ2) is 7.96. The van der Waals surface area contributed by atoms with Crippen molar-refractivity contribution in [3.63, 3.8) is 0 Å². The summed E-state index contributed by atoms with van der Waals surface area (Å²) in [7, 11) is 0. The smallest absolute Gasteiger partial charge is 0.202 e. The fourth-order valence-corrected chi connectivity index (χ4v) is 3.38. The van der Waals surface area contributed by atoms with Crippen molar-refractivity contribution >= 4 is 35.0 Å². The lowest BCUT2D eigenvalue weighted by molar-refractivity contribution is 0.879. The van der Waals surface area contributed by atoms with Crippen LogP contribution < -0.4 is 0 Å². The molecule has 6 nitrogen and oxygen atoms in total. The van der Waals surface area contributed by atoms with Gasteiger partial charge in [-0.15, -0.1) is 0 Å². The monoisotopic (exact) mass is 412 g/mol. The highest BCUT2D eigenvalue weighted by atomic mass is 35.5. The molecule has 132 valence electrons. The van der Waals surface area contributed by atoms with Gasteiger partial charge < -0.3 is 0 Å². The van der Waals surface area contributed by atoms with Crippen molar-refractivity contribution in [1.82, 2.24) is 29.9 Å². The summed E-state index contributed by atoms with van der Waals surface area (Å²) < 4.78 is 0. The summed E-state index contributed by atoms with van der Waals surface area (Å²) in [5.74, 6) is 0.947. The SMILES string of the molecule is Clc1nc(Sc2nc(Cl)nc(-c3ccccc3)n2)nc(-c2ccccc2)n1. The molecular weight excluding hydrogens is 403 g/mol. The molecule has 0 fully saturated rings. The summed E-state index contributed by atoms with van der Waals surface area (Å²) in [5, 5.41) is 0.926. The number of nitrogens with zero attached hydrogens (tertiary/aromatic N) is 6. The molecule has 0 aliphatic heterocycles. The molecule has 0 N–H and O–H groups in total. The van der Waals surface area contributed by atoms with Crippen LogP contribution >= 0.6 is 35.0 Å². The molecule has 0 aliphatic carbocycles. The van der Waals surface area contributed by atoms with E-state index in [9.17, 15) is 0 Å². The van der Waals surface area contributed by atoms with Crippen molar-refractivity contribution in [2.45, 2.75) is 10.3 Å². The van der Waals surface area contributed by atoms with Crippen molar-refractivity contribution in [3.05, 3.63) is 71.2 Å². The van der Waals surface area contributed by atoms with Gasteiger partial charge in [-0.25, -0.2) is 9.97 Å². The Bertz CT molecular complexity index is 993. The first-order valence-electron chi connectivity index (χ1n) is 7.79. The molecule has 2 aromatic heterocycles. The quantitative estimate of drug-likeness (QED) is 0.473. The molecule has 0 saturated heterocycles. The van der Waals surface area contributed by atoms with Crippen LogP contribution in [-0.2, 0) is 0 Å². The Hall–Kier alpha value is -2.61. The molecule has 4 aromatic rings. The van der Waals surface area contributed by atoms with Crippen LogP contribution in [0.4, 0.5) is 0 Å². The Morgan fingerprint density at radius 1 is 0.519 bits per heavy atom. The van der Waals surface area contributed by atoms with Gasteiger partial charge in [-0.2, -0.15) is 19.9 Å². The topological polar surface area (TPSA) is 77.3 Å². The van der Waals surface area contributed by atoms with E-state index in [-0.39, 0.29) is 10.6 Å². The number of hydrogen-bond acceptors (Lipinski definition) is 7. The fraction of sp³-hybridized carbons (Fsp3) is 0. The van der Waals surface area contributed by atoms with Crippen LogP contribution in [0, 0.1) is 0 Å². The molecule has 27 heavy (non-hydrogen) atoms. The lowest BCUT2D eigenvalue weighted by Crippen LogP contribution is -1.99. The second-order valence-corrected chi connectivity index (χ2v) is 6.87. The Balaban J connectivity index is 1.69. The largest absolute Gasteiger partial charge is 0.226 e. The number of hydrogen-bond donors (Lipinski definition) is 0. The third-order valence-electron chi connectivity index (χ3n) is 3.42. The maximum atomic E-state index is 6.07. The van der Waals surface area contributed by atoms with E-state index in [2.05, 4.69) is 29.9 Å². The van der Waals surface area contributed by atoms with E-state index in [1.807, 2.05) is 60.7 Å². The van der Waals surface area contributed by atoms with Crippen LogP contribution in [0.2, 0.25) is 10.6 Å². The highest BCUT2D eigenvalue weighted by molar-refractivity contribution is 7.99. The van der Waals surface area contributed by atoms with E-state index in [1.54, 1.807) is 0 Å². The minimum Gasteiger partial charge on any atom is -0.202 e. The molecule has 0 saturated carbocycles. The molecule has 0 bridgehead atoms. The van der Waals surface area contributed by atoms with Crippen LogP contribution in [0.5, 0.6) is 0 Å². The predicted molar refractivity (Wildman–Crippen MR) is 105 cm³/mol. The summed E-state index contributed by atoms with van der Waals surface area (Å²) in [6.07, 6.45) is 0. The summed E-state index contributed by atoms with van der Waals surface area (Å²) in [5.41, 5.74) is 1.67. The van der Waals surface area contributed by atoms with Crippen LogP contribution in [0.25, 0.3) is 22.8 Å². The molecule has 0 radical (unpaired) electrons. The molecule has 0 atom stereocenters. The van der Waals surface area contributed by atoms with Crippen LogP contribution in [0.3, 0.4) is 0 Å². The van der Waals surface area contributed by atoms with E-state index in [1.165, 1.54) is 0 Å². The Labute approximate surface area is 169 Å². The first-order chi connectivity index (χ1) is 13.2. The number of benzene rings is 2. The van der Waals surface area contributed by atoms with Gasteiger partial charge in [0.1, 0.15) is 0 Å². The average Bonchev–Trinajstić information content (AvgIpc) is 2.68. The first kappa shape index (κ1) is 17.8. The van der Waals surface area contributed by atoms with Crippen LogP contribution in [0.15, 0.2) is 71.0 Å². The Morgan fingerprint density at radius 2 is 0.926 bits per heavy atom. The van der Waals surface area contributed by atoms with E-state index in [0.717, 1.165) is 22.9 Å². The highest BCUT2D eigenvalue weighted by Gasteiger charge is 2.13. The standard InChI is InChI=1S/C18H10Cl2N6S/c19-15-21-13(11-7-3-1-4-8-11)23-17(25-15)27-18-24-14(22-16(20)26-18)12-9-5-2-6-10-12/h1-10H. The average molecular weight is 413 g/mol. The van der Waals surface area contributed by atoms with Crippen molar-refractivity contribution in [1.29, 1.82) is 0 Å². The molecule has 0 aliphatic rings. The van der Waals surface area contributed by atoms with Crippen molar-refractivity contribution in [2.75, 3.05) is 0 Å². The highest BCUT2D eigenvalue weighted by Crippen LogP contribution is 2.27. The van der Waals surface area contributed by atoms with Gasteiger partial charge in [-0.3, -0.25) is 0 Å². The van der Waals surface area contributed by atoms with Crippen molar-refractivity contribution in [3.8, 4) is 22.8 Å².